The minimum atomic E-state index is -0.486. The Kier molecular flexibility index (Phi) is 4.94. The quantitative estimate of drug-likeness (QED) is 0.814. The van der Waals surface area contributed by atoms with Crippen LogP contribution in [0.15, 0.2) is 21.3 Å². The van der Waals surface area contributed by atoms with Crippen LogP contribution in [0.5, 0.6) is 0 Å². The van der Waals surface area contributed by atoms with Crippen LogP contribution in [0.4, 0.5) is 4.79 Å². The molecule has 4 nitrogen and oxygen atoms in total. The van der Waals surface area contributed by atoms with Crippen molar-refractivity contribution in [3.63, 3.8) is 0 Å². The number of carbonyl (C=O) groups is 1. The number of rotatable bonds is 2. The Bertz CT molecular complexity index is 416. The number of halogens is 2. The van der Waals surface area contributed by atoms with E-state index in [0.717, 1.165) is 14.6 Å². The summed E-state index contributed by atoms with van der Waals surface area (Å²) >= 11 is 6.64. The van der Waals surface area contributed by atoms with Gasteiger partial charge in [0.25, 0.3) is 0 Å². The molecule has 0 radical (unpaired) electrons. The first kappa shape index (κ1) is 14.4. The highest BCUT2D eigenvalue weighted by molar-refractivity contribution is 9.11. The Morgan fingerprint density at radius 3 is 2.71 bits per heavy atom. The lowest BCUT2D eigenvalue weighted by molar-refractivity contribution is 0.0523. The number of amides is 1. The molecule has 0 saturated carbocycles. The van der Waals surface area contributed by atoms with Crippen LogP contribution in [-0.4, -0.2) is 16.7 Å². The SMILES string of the molecule is CC(C)(C)OC(=O)NCc1cc(Br)ncc1Br. The van der Waals surface area contributed by atoms with Gasteiger partial charge in [-0.2, -0.15) is 0 Å². The zero-order chi connectivity index (χ0) is 13.1. The molecule has 1 aromatic rings. The predicted molar refractivity (Wildman–Crippen MR) is 72.7 cm³/mol. The molecule has 0 aliphatic rings. The van der Waals surface area contributed by atoms with E-state index in [0.29, 0.717) is 6.54 Å². The molecule has 1 rings (SSSR count). The van der Waals surface area contributed by atoms with Gasteiger partial charge in [-0.1, -0.05) is 0 Å². The van der Waals surface area contributed by atoms with Gasteiger partial charge in [-0.15, -0.1) is 0 Å². The van der Waals surface area contributed by atoms with Gasteiger partial charge in [-0.05, 0) is 64.3 Å². The van der Waals surface area contributed by atoms with Crippen molar-refractivity contribution in [2.45, 2.75) is 32.9 Å². The summed E-state index contributed by atoms with van der Waals surface area (Å²) in [5.41, 5.74) is 0.442. The highest BCUT2D eigenvalue weighted by atomic mass is 79.9. The molecule has 0 bridgehead atoms. The zero-order valence-corrected chi connectivity index (χ0v) is 13.1. The van der Waals surface area contributed by atoms with Crippen molar-refractivity contribution in [1.82, 2.24) is 10.3 Å². The number of ether oxygens (including phenoxy) is 1. The zero-order valence-electron chi connectivity index (χ0n) is 9.88. The summed E-state index contributed by atoms with van der Waals surface area (Å²) in [5, 5.41) is 2.68. The molecule has 1 amide bonds. The van der Waals surface area contributed by atoms with Crippen molar-refractivity contribution < 1.29 is 9.53 Å². The molecular formula is C11H14Br2N2O2. The van der Waals surface area contributed by atoms with E-state index in [-0.39, 0.29) is 0 Å². The molecule has 6 heteroatoms. The Morgan fingerprint density at radius 1 is 1.47 bits per heavy atom. The van der Waals surface area contributed by atoms with E-state index in [2.05, 4.69) is 42.2 Å². The molecule has 0 unspecified atom stereocenters. The lowest BCUT2D eigenvalue weighted by atomic mass is 10.2. The molecule has 0 aromatic carbocycles. The third-order valence-corrected chi connectivity index (χ3v) is 2.87. The number of aromatic nitrogens is 1. The smallest absolute Gasteiger partial charge is 0.407 e. The summed E-state index contributed by atoms with van der Waals surface area (Å²) < 4.78 is 6.70. The van der Waals surface area contributed by atoms with Gasteiger partial charge in [0.1, 0.15) is 10.2 Å². The highest BCUT2D eigenvalue weighted by Gasteiger charge is 2.16. The maximum atomic E-state index is 11.5. The van der Waals surface area contributed by atoms with Gasteiger partial charge < -0.3 is 10.1 Å². The molecule has 0 saturated heterocycles. The number of alkyl carbamates (subject to hydrolysis) is 1. The third kappa shape index (κ3) is 5.50. The van der Waals surface area contributed by atoms with E-state index in [9.17, 15) is 4.79 Å². The summed E-state index contributed by atoms with van der Waals surface area (Å²) in [6.07, 6.45) is 1.24. The van der Waals surface area contributed by atoms with Crippen molar-refractivity contribution in [1.29, 1.82) is 0 Å². The van der Waals surface area contributed by atoms with Crippen molar-refractivity contribution in [3.8, 4) is 0 Å². The lowest BCUT2D eigenvalue weighted by Gasteiger charge is -2.19. The summed E-state index contributed by atoms with van der Waals surface area (Å²) in [4.78, 5) is 15.5. The van der Waals surface area contributed by atoms with Crippen LogP contribution in [0.1, 0.15) is 26.3 Å². The number of pyridine rings is 1. The van der Waals surface area contributed by atoms with Crippen molar-refractivity contribution in [3.05, 3.63) is 26.9 Å². The van der Waals surface area contributed by atoms with Gasteiger partial charge in [0.2, 0.25) is 0 Å². The molecule has 17 heavy (non-hydrogen) atoms. The summed E-state index contributed by atoms with van der Waals surface area (Å²) in [5.74, 6) is 0. The van der Waals surface area contributed by atoms with Crippen molar-refractivity contribution >= 4 is 38.0 Å². The lowest BCUT2D eigenvalue weighted by Crippen LogP contribution is -2.32. The Balaban J connectivity index is 2.56. The van der Waals surface area contributed by atoms with E-state index in [4.69, 9.17) is 4.74 Å². The molecule has 0 aliphatic heterocycles. The van der Waals surface area contributed by atoms with Gasteiger partial charge >= 0.3 is 6.09 Å². The summed E-state index contributed by atoms with van der Waals surface area (Å²) in [7, 11) is 0. The summed E-state index contributed by atoms with van der Waals surface area (Å²) in [6.45, 7) is 5.86. The molecule has 0 spiro atoms. The monoisotopic (exact) mass is 364 g/mol. The molecule has 0 aliphatic carbocycles. The van der Waals surface area contributed by atoms with Crippen molar-refractivity contribution in [2.75, 3.05) is 0 Å². The maximum absolute atomic E-state index is 11.5. The first-order chi connectivity index (χ1) is 7.78. The van der Waals surface area contributed by atoms with Gasteiger partial charge in [0.05, 0.1) is 0 Å². The molecule has 1 heterocycles. The van der Waals surface area contributed by atoms with Gasteiger partial charge in [-0.3, -0.25) is 0 Å². The fraction of sp³-hybridized carbons (Fsp3) is 0.455. The third-order valence-electron chi connectivity index (χ3n) is 1.72. The number of carbonyl (C=O) groups excluding carboxylic acids is 1. The minimum absolute atomic E-state index is 0.386. The van der Waals surface area contributed by atoms with E-state index in [1.54, 1.807) is 6.20 Å². The van der Waals surface area contributed by atoms with Crippen LogP contribution in [-0.2, 0) is 11.3 Å². The molecule has 0 atom stereocenters. The molecule has 94 valence electrons. The number of hydrogen-bond acceptors (Lipinski definition) is 3. The normalized spacial score (nSPS) is 11.1. The van der Waals surface area contributed by atoms with Crippen LogP contribution in [0, 0.1) is 0 Å². The highest BCUT2D eigenvalue weighted by Crippen LogP contribution is 2.19. The van der Waals surface area contributed by atoms with Gasteiger partial charge in [0.15, 0.2) is 0 Å². The summed E-state index contributed by atoms with van der Waals surface area (Å²) in [6, 6.07) is 1.83. The molecule has 0 fully saturated rings. The minimum Gasteiger partial charge on any atom is -0.444 e. The van der Waals surface area contributed by atoms with Crippen molar-refractivity contribution in [2.24, 2.45) is 0 Å². The first-order valence-electron chi connectivity index (χ1n) is 5.05. The van der Waals surface area contributed by atoms with Crippen LogP contribution in [0.3, 0.4) is 0 Å². The molecule has 1 aromatic heterocycles. The van der Waals surface area contributed by atoms with E-state index >= 15 is 0 Å². The Morgan fingerprint density at radius 2 is 2.12 bits per heavy atom. The second-order valence-corrected chi connectivity index (χ2v) is 6.12. The van der Waals surface area contributed by atoms with Crippen LogP contribution in [0.2, 0.25) is 0 Å². The number of nitrogens with zero attached hydrogens (tertiary/aromatic N) is 1. The fourth-order valence-corrected chi connectivity index (χ4v) is 1.80. The van der Waals surface area contributed by atoms with E-state index in [1.165, 1.54) is 0 Å². The van der Waals surface area contributed by atoms with E-state index < -0.39 is 11.7 Å². The number of hydrogen-bond donors (Lipinski definition) is 1. The molecule has 1 N–H and O–H groups in total. The Hall–Kier alpha value is -0.620. The average Bonchev–Trinajstić information content (AvgIpc) is 2.17. The second-order valence-electron chi connectivity index (χ2n) is 4.45. The maximum Gasteiger partial charge on any atom is 0.407 e. The van der Waals surface area contributed by atoms with Crippen LogP contribution in [0.25, 0.3) is 0 Å². The molecular weight excluding hydrogens is 352 g/mol. The Labute approximate surface area is 117 Å². The standard InChI is InChI=1S/C11H14Br2N2O2/c1-11(2,3)17-10(16)15-5-7-4-9(13)14-6-8(7)12/h4,6H,5H2,1-3H3,(H,15,16). The average molecular weight is 366 g/mol. The van der Waals surface area contributed by atoms with Gasteiger partial charge in [0, 0.05) is 17.2 Å². The van der Waals surface area contributed by atoms with Crippen LogP contribution < -0.4 is 5.32 Å². The first-order valence-corrected chi connectivity index (χ1v) is 6.63. The van der Waals surface area contributed by atoms with Gasteiger partial charge in [-0.25, -0.2) is 9.78 Å². The number of nitrogens with one attached hydrogen (secondary N) is 1. The van der Waals surface area contributed by atoms with E-state index in [1.807, 2.05) is 26.8 Å². The second kappa shape index (κ2) is 5.82. The predicted octanol–water partition coefficient (Wildman–Crippen LogP) is 3.63. The van der Waals surface area contributed by atoms with Crippen LogP contribution >= 0.6 is 31.9 Å². The largest absolute Gasteiger partial charge is 0.444 e. The fourth-order valence-electron chi connectivity index (χ4n) is 1.07. The topological polar surface area (TPSA) is 51.2 Å².